The van der Waals surface area contributed by atoms with Gasteiger partial charge < -0.3 is 10.6 Å². The second kappa shape index (κ2) is 10.2. The van der Waals surface area contributed by atoms with Crippen molar-refractivity contribution in [2.45, 2.75) is 63.9 Å². The number of piperidine rings is 1. The Morgan fingerprint density at radius 2 is 2.00 bits per heavy atom. The molecule has 6 heteroatoms. The average Bonchev–Trinajstić information content (AvgIpc) is 2.63. The Hall–Kier alpha value is -1.40. The molecule has 0 aromatic heterocycles. The zero-order chi connectivity index (χ0) is 19.9. The number of hydrogen-bond donors (Lipinski definition) is 2. The van der Waals surface area contributed by atoms with Crippen molar-refractivity contribution in [3.8, 4) is 0 Å². The first kappa shape index (κ1) is 21.9. The molecule has 1 aromatic rings. The minimum atomic E-state index is -0.844. The smallest absolute Gasteiger partial charge is 0.191 e. The maximum Gasteiger partial charge on any atom is 0.191 e. The highest BCUT2D eigenvalue weighted by Gasteiger charge is 2.26. The molecule has 5 nitrogen and oxygen atoms in total. The fourth-order valence-electron chi connectivity index (χ4n) is 3.36. The number of nitrogens with one attached hydrogen (secondary N) is 2. The summed E-state index contributed by atoms with van der Waals surface area (Å²) in [5, 5.41) is 6.86. The van der Waals surface area contributed by atoms with Crippen LogP contribution in [-0.2, 0) is 17.3 Å². The number of hydrogen-bond acceptors (Lipinski definition) is 3. The Kier molecular flexibility index (Phi) is 8.29. The van der Waals surface area contributed by atoms with Crippen molar-refractivity contribution in [2.75, 3.05) is 25.9 Å². The normalized spacial score (nSPS) is 23.1. The van der Waals surface area contributed by atoms with Gasteiger partial charge in [-0.2, -0.15) is 0 Å². The Bertz CT molecular complexity index is 627. The summed E-state index contributed by atoms with van der Waals surface area (Å²) in [5.41, 5.74) is 1.38. The van der Waals surface area contributed by atoms with Crippen LogP contribution in [0.25, 0.3) is 0 Å². The summed E-state index contributed by atoms with van der Waals surface area (Å²) in [5.74, 6) is 1.45. The zero-order valence-electron chi connectivity index (χ0n) is 17.5. The van der Waals surface area contributed by atoms with Crippen LogP contribution in [0.1, 0.15) is 46.1 Å². The summed E-state index contributed by atoms with van der Waals surface area (Å²) in [4.78, 5) is 6.89. The lowest BCUT2D eigenvalue weighted by molar-refractivity contribution is 0.134. The van der Waals surface area contributed by atoms with Crippen molar-refractivity contribution in [3.63, 3.8) is 0 Å². The summed E-state index contributed by atoms with van der Waals surface area (Å²) in [6, 6.07) is 11.6. The van der Waals surface area contributed by atoms with E-state index < -0.39 is 10.8 Å². The van der Waals surface area contributed by atoms with Crippen molar-refractivity contribution >= 4 is 16.8 Å². The van der Waals surface area contributed by atoms with Gasteiger partial charge in [0.25, 0.3) is 0 Å². The molecule has 3 unspecified atom stereocenters. The number of benzene rings is 1. The molecule has 2 rings (SSSR count). The second-order valence-electron chi connectivity index (χ2n) is 8.33. The Balaban J connectivity index is 1.76. The SMILES string of the molecule is CN=C(NCCS(=O)C(C)(C)C)NC1CCN(Cc2ccccc2)C(C)C1. The Morgan fingerprint density at radius 1 is 1.30 bits per heavy atom. The van der Waals surface area contributed by atoms with Crippen LogP contribution in [0.4, 0.5) is 0 Å². The molecule has 0 radical (unpaired) electrons. The van der Waals surface area contributed by atoms with Crippen molar-refractivity contribution in [1.29, 1.82) is 0 Å². The molecule has 152 valence electrons. The highest BCUT2D eigenvalue weighted by molar-refractivity contribution is 7.86. The van der Waals surface area contributed by atoms with Crippen LogP contribution in [0.3, 0.4) is 0 Å². The summed E-state index contributed by atoms with van der Waals surface area (Å²) in [6.07, 6.45) is 2.20. The van der Waals surface area contributed by atoms with Gasteiger partial charge in [0.2, 0.25) is 0 Å². The number of nitrogens with zero attached hydrogens (tertiary/aromatic N) is 2. The first-order valence-corrected chi connectivity index (χ1v) is 11.2. The van der Waals surface area contributed by atoms with Crippen molar-refractivity contribution in [2.24, 2.45) is 4.99 Å². The second-order valence-corrected chi connectivity index (χ2v) is 10.7. The molecule has 0 amide bonds. The molecule has 2 N–H and O–H groups in total. The van der Waals surface area contributed by atoms with E-state index in [4.69, 9.17) is 0 Å². The van der Waals surface area contributed by atoms with Crippen LogP contribution in [0.2, 0.25) is 0 Å². The van der Waals surface area contributed by atoms with Crippen molar-refractivity contribution in [1.82, 2.24) is 15.5 Å². The molecule has 1 aliphatic rings. The summed E-state index contributed by atoms with van der Waals surface area (Å²) < 4.78 is 12.0. The molecule has 27 heavy (non-hydrogen) atoms. The van der Waals surface area contributed by atoms with Gasteiger partial charge in [0.05, 0.1) is 0 Å². The lowest BCUT2D eigenvalue weighted by Gasteiger charge is -2.38. The first-order chi connectivity index (χ1) is 12.8. The molecular weight excluding hydrogens is 356 g/mol. The predicted molar refractivity (Wildman–Crippen MR) is 117 cm³/mol. The molecule has 0 bridgehead atoms. The summed E-state index contributed by atoms with van der Waals surface area (Å²) in [6.45, 7) is 11.1. The van der Waals surface area contributed by atoms with E-state index >= 15 is 0 Å². The van der Waals surface area contributed by atoms with E-state index in [1.54, 1.807) is 7.05 Å². The van der Waals surface area contributed by atoms with Crippen LogP contribution >= 0.6 is 0 Å². The van der Waals surface area contributed by atoms with E-state index in [9.17, 15) is 4.21 Å². The minimum Gasteiger partial charge on any atom is -0.355 e. The lowest BCUT2D eigenvalue weighted by atomic mass is 9.97. The minimum absolute atomic E-state index is 0.167. The van der Waals surface area contributed by atoms with Crippen LogP contribution < -0.4 is 10.6 Å². The predicted octanol–water partition coefficient (Wildman–Crippen LogP) is 2.75. The van der Waals surface area contributed by atoms with Crippen LogP contribution in [0.5, 0.6) is 0 Å². The third-order valence-electron chi connectivity index (χ3n) is 5.07. The number of rotatable bonds is 6. The Labute approximate surface area is 167 Å². The molecule has 3 atom stereocenters. The third-order valence-corrected chi connectivity index (χ3v) is 7.01. The van der Waals surface area contributed by atoms with Gasteiger partial charge in [-0.3, -0.25) is 14.1 Å². The molecule has 1 aromatic carbocycles. The van der Waals surface area contributed by atoms with E-state index in [0.717, 1.165) is 31.9 Å². The van der Waals surface area contributed by atoms with Gasteiger partial charge >= 0.3 is 0 Å². The van der Waals surface area contributed by atoms with Crippen molar-refractivity contribution in [3.05, 3.63) is 35.9 Å². The molecule has 0 aliphatic carbocycles. The number of likely N-dealkylation sites (tertiary alicyclic amines) is 1. The molecule has 1 fully saturated rings. The van der Waals surface area contributed by atoms with Gasteiger partial charge in [-0.25, -0.2) is 0 Å². The number of guanidine groups is 1. The maximum absolute atomic E-state index is 12.2. The monoisotopic (exact) mass is 392 g/mol. The molecular formula is C21H36N4OS. The van der Waals surface area contributed by atoms with Gasteiger partial charge in [-0.05, 0) is 46.1 Å². The molecule has 0 saturated carbocycles. The molecule has 1 aliphatic heterocycles. The van der Waals surface area contributed by atoms with E-state index in [2.05, 4.69) is 57.8 Å². The van der Waals surface area contributed by atoms with Crippen LogP contribution in [0.15, 0.2) is 35.3 Å². The molecule has 0 spiro atoms. The van der Waals surface area contributed by atoms with Gasteiger partial charge in [0.15, 0.2) is 5.96 Å². The largest absolute Gasteiger partial charge is 0.355 e. The van der Waals surface area contributed by atoms with Gasteiger partial charge in [0.1, 0.15) is 0 Å². The zero-order valence-corrected chi connectivity index (χ0v) is 18.3. The maximum atomic E-state index is 12.2. The van der Waals surface area contributed by atoms with E-state index in [1.165, 1.54) is 5.56 Å². The molecule has 1 saturated heterocycles. The first-order valence-electron chi connectivity index (χ1n) is 9.93. The van der Waals surface area contributed by atoms with Gasteiger partial charge in [-0.1, -0.05) is 30.3 Å². The van der Waals surface area contributed by atoms with E-state index in [-0.39, 0.29) is 4.75 Å². The fraction of sp³-hybridized carbons (Fsp3) is 0.667. The standard InChI is InChI=1S/C21H36N4OS/c1-17-15-19(11-13-25(17)16-18-9-7-6-8-10-18)24-20(22-5)23-12-14-27(26)21(2,3)4/h6-10,17,19H,11-16H2,1-5H3,(H2,22,23,24). The highest BCUT2D eigenvalue weighted by atomic mass is 32.2. The molecule has 1 heterocycles. The highest BCUT2D eigenvalue weighted by Crippen LogP contribution is 2.20. The summed E-state index contributed by atoms with van der Waals surface area (Å²) in [7, 11) is 0.951. The van der Waals surface area contributed by atoms with Crippen LogP contribution in [0, 0.1) is 0 Å². The number of aliphatic imine (C=N–C) groups is 1. The van der Waals surface area contributed by atoms with E-state index in [1.807, 2.05) is 20.8 Å². The lowest BCUT2D eigenvalue weighted by Crippen LogP contribution is -2.51. The van der Waals surface area contributed by atoms with Gasteiger partial charge in [0, 0.05) is 60.1 Å². The summed E-state index contributed by atoms with van der Waals surface area (Å²) >= 11 is 0. The topological polar surface area (TPSA) is 56.7 Å². The third kappa shape index (κ3) is 7.26. The van der Waals surface area contributed by atoms with E-state index in [0.29, 0.717) is 24.4 Å². The quantitative estimate of drug-likeness (QED) is 0.577. The van der Waals surface area contributed by atoms with Crippen molar-refractivity contribution < 1.29 is 4.21 Å². The van der Waals surface area contributed by atoms with Crippen LogP contribution in [-0.4, -0.2) is 57.8 Å². The Morgan fingerprint density at radius 3 is 2.59 bits per heavy atom. The van der Waals surface area contributed by atoms with Gasteiger partial charge in [-0.15, -0.1) is 0 Å². The fourth-order valence-corrected chi connectivity index (χ4v) is 4.26. The average molecular weight is 393 g/mol.